The first kappa shape index (κ1) is 23.8. The van der Waals surface area contributed by atoms with Crippen LogP contribution in [0.4, 0.5) is 13.2 Å². The van der Waals surface area contributed by atoms with Gasteiger partial charge in [-0.15, -0.1) is 0 Å². The van der Waals surface area contributed by atoms with E-state index in [1.807, 2.05) is 74.5 Å². The van der Waals surface area contributed by atoms with E-state index in [2.05, 4.69) is 10.6 Å². The number of nitrogens with one attached hydrogen (secondary N) is 2. The van der Waals surface area contributed by atoms with Crippen molar-refractivity contribution in [3.05, 3.63) is 102 Å². The number of benzene rings is 3. The summed E-state index contributed by atoms with van der Waals surface area (Å²) in [5.74, 6) is -3.89. The van der Waals surface area contributed by atoms with Gasteiger partial charge in [0.1, 0.15) is 5.75 Å². The molecular formula is C26H25F3N2O3. The summed E-state index contributed by atoms with van der Waals surface area (Å²) in [7, 11) is 0. The number of alkyl halides is 3. The Morgan fingerprint density at radius 1 is 0.765 bits per heavy atom. The Balaban J connectivity index is 1.81. The molecule has 2 unspecified atom stereocenters. The maximum absolute atomic E-state index is 13.3. The van der Waals surface area contributed by atoms with Crippen molar-refractivity contribution in [2.45, 2.75) is 37.0 Å². The van der Waals surface area contributed by atoms with Gasteiger partial charge in [0.05, 0.1) is 11.1 Å². The van der Waals surface area contributed by atoms with Crippen LogP contribution in [0.15, 0.2) is 91.0 Å². The van der Waals surface area contributed by atoms with E-state index in [9.17, 15) is 18.0 Å². The third-order valence-corrected chi connectivity index (χ3v) is 6.29. The summed E-state index contributed by atoms with van der Waals surface area (Å²) in [4.78, 5) is 12.0. The Morgan fingerprint density at radius 2 is 1.18 bits per heavy atom. The summed E-state index contributed by atoms with van der Waals surface area (Å²) in [5, 5.41) is 6.36. The Kier molecular flexibility index (Phi) is 6.14. The van der Waals surface area contributed by atoms with Crippen molar-refractivity contribution in [1.82, 2.24) is 10.6 Å². The van der Waals surface area contributed by atoms with E-state index in [-0.39, 0.29) is 0 Å². The van der Waals surface area contributed by atoms with Crippen LogP contribution in [0.25, 0.3) is 0 Å². The van der Waals surface area contributed by atoms with E-state index in [1.54, 1.807) is 30.3 Å². The summed E-state index contributed by atoms with van der Waals surface area (Å²) < 4.78 is 50.8. The Bertz CT molecular complexity index is 1070. The lowest BCUT2D eigenvalue weighted by Crippen LogP contribution is -2.60. The van der Waals surface area contributed by atoms with Gasteiger partial charge in [-0.05, 0) is 37.1 Å². The second-order valence-corrected chi connectivity index (χ2v) is 8.55. The summed E-state index contributed by atoms with van der Waals surface area (Å²) in [6.07, 6.45) is -5.18. The molecule has 0 amide bonds. The first-order chi connectivity index (χ1) is 16.1. The molecule has 4 rings (SSSR count). The maximum Gasteiger partial charge on any atom is 0.491 e. The smallest absolute Gasteiger partial charge is 0.486 e. The zero-order valence-corrected chi connectivity index (χ0v) is 18.7. The Labute approximate surface area is 195 Å². The molecule has 1 heterocycles. The SMILES string of the molecule is CC1(c2ccccc2)NC(COc2ccccc2)(OC(=O)C(F)(F)F)NC1(C)c1ccccc1. The van der Waals surface area contributed by atoms with Crippen molar-refractivity contribution in [2.24, 2.45) is 0 Å². The van der Waals surface area contributed by atoms with Crippen molar-refractivity contribution in [3.8, 4) is 5.75 Å². The van der Waals surface area contributed by atoms with E-state index in [0.717, 1.165) is 11.1 Å². The lowest BCUT2D eigenvalue weighted by atomic mass is 9.72. The highest BCUT2D eigenvalue weighted by molar-refractivity contribution is 5.76. The lowest BCUT2D eigenvalue weighted by molar-refractivity contribution is -0.222. The molecule has 1 fully saturated rings. The monoisotopic (exact) mass is 470 g/mol. The van der Waals surface area contributed by atoms with E-state index in [1.165, 1.54) is 0 Å². The molecule has 8 heteroatoms. The number of para-hydroxylation sites is 1. The maximum atomic E-state index is 13.3. The number of rotatable bonds is 6. The predicted molar refractivity (Wildman–Crippen MR) is 121 cm³/mol. The van der Waals surface area contributed by atoms with Crippen LogP contribution in [0.3, 0.4) is 0 Å². The first-order valence-electron chi connectivity index (χ1n) is 10.8. The number of ether oxygens (including phenoxy) is 2. The van der Waals surface area contributed by atoms with Crippen LogP contribution in [-0.4, -0.2) is 24.6 Å². The zero-order valence-electron chi connectivity index (χ0n) is 18.7. The van der Waals surface area contributed by atoms with Gasteiger partial charge in [0.25, 0.3) is 5.85 Å². The molecule has 0 radical (unpaired) electrons. The fourth-order valence-corrected chi connectivity index (χ4v) is 4.42. The quantitative estimate of drug-likeness (QED) is 0.505. The number of carbonyl (C=O) groups excluding carboxylic acids is 1. The molecule has 2 N–H and O–H groups in total. The van der Waals surface area contributed by atoms with Crippen molar-refractivity contribution in [1.29, 1.82) is 0 Å². The van der Waals surface area contributed by atoms with E-state index in [4.69, 9.17) is 9.47 Å². The minimum absolute atomic E-state index is 0.413. The van der Waals surface area contributed by atoms with Crippen molar-refractivity contribution in [2.75, 3.05) is 6.61 Å². The van der Waals surface area contributed by atoms with E-state index >= 15 is 0 Å². The number of halogens is 3. The molecule has 0 saturated carbocycles. The molecule has 3 aromatic carbocycles. The van der Waals surface area contributed by atoms with Gasteiger partial charge in [-0.25, -0.2) is 4.79 Å². The van der Waals surface area contributed by atoms with Crippen LogP contribution >= 0.6 is 0 Å². The third kappa shape index (κ3) is 4.38. The zero-order chi connectivity index (χ0) is 24.5. The van der Waals surface area contributed by atoms with Gasteiger partial charge in [0.15, 0.2) is 6.61 Å². The Hall–Kier alpha value is -3.36. The highest BCUT2D eigenvalue weighted by atomic mass is 19.4. The molecule has 178 valence electrons. The number of hydrogen-bond acceptors (Lipinski definition) is 5. The van der Waals surface area contributed by atoms with Crippen LogP contribution in [-0.2, 0) is 20.6 Å². The topological polar surface area (TPSA) is 59.6 Å². The molecule has 1 aliphatic rings. The minimum Gasteiger partial charge on any atom is -0.486 e. The van der Waals surface area contributed by atoms with Crippen LogP contribution in [0.5, 0.6) is 5.75 Å². The Morgan fingerprint density at radius 3 is 1.59 bits per heavy atom. The number of esters is 1. The van der Waals surface area contributed by atoms with Gasteiger partial charge >= 0.3 is 12.1 Å². The normalized spacial score (nSPS) is 26.7. The van der Waals surface area contributed by atoms with Gasteiger partial charge in [0.2, 0.25) is 0 Å². The third-order valence-electron chi connectivity index (χ3n) is 6.29. The average molecular weight is 470 g/mol. The standard InChI is InChI=1S/C26H25F3N2O3/c1-23(19-12-6-3-7-13-19)24(2,20-14-8-4-9-15-20)31-25(30-23,34-22(32)26(27,28)29)18-33-21-16-10-5-11-17-21/h3-17,30-31H,18H2,1-2H3. The molecular weight excluding hydrogens is 445 g/mol. The molecule has 1 aliphatic heterocycles. The molecule has 0 aliphatic carbocycles. The van der Waals surface area contributed by atoms with Gasteiger partial charge in [0, 0.05) is 0 Å². The largest absolute Gasteiger partial charge is 0.491 e. The summed E-state index contributed by atoms with van der Waals surface area (Å²) >= 11 is 0. The summed E-state index contributed by atoms with van der Waals surface area (Å²) in [6.45, 7) is 3.30. The second-order valence-electron chi connectivity index (χ2n) is 8.55. The van der Waals surface area contributed by atoms with Crippen LogP contribution in [0, 0.1) is 0 Å². The number of hydrogen-bond donors (Lipinski definition) is 2. The molecule has 34 heavy (non-hydrogen) atoms. The van der Waals surface area contributed by atoms with Crippen LogP contribution in [0.1, 0.15) is 25.0 Å². The van der Waals surface area contributed by atoms with E-state index < -0.39 is 35.7 Å². The summed E-state index contributed by atoms with van der Waals surface area (Å²) in [6, 6.07) is 27.2. The molecule has 2 atom stereocenters. The molecule has 0 aromatic heterocycles. The second kappa shape index (κ2) is 8.77. The van der Waals surface area contributed by atoms with Gasteiger partial charge < -0.3 is 9.47 Å². The van der Waals surface area contributed by atoms with Crippen molar-refractivity contribution >= 4 is 5.97 Å². The van der Waals surface area contributed by atoms with Crippen LogP contribution < -0.4 is 15.4 Å². The van der Waals surface area contributed by atoms with Gasteiger partial charge in [-0.2, -0.15) is 13.2 Å². The average Bonchev–Trinajstić information content (AvgIpc) is 3.07. The fourth-order valence-electron chi connectivity index (χ4n) is 4.42. The number of carbonyl (C=O) groups is 1. The van der Waals surface area contributed by atoms with Crippen LogP contribution in [0.2, 0.25) is 0 Å². The fraction of sp³-hybridized carbons (Fsp3) is 0.269. The first-order valence-corrected chi connectivity index (χ1v) is 10.8. The molecule has 0 bridgehead atoms. The van der Waals surface area contributed by atoms with Gasteiger partial charge in [-0.3, -0.25) is 10.6 Å². The van der Waals surface area contributed by atoms with Crippen molar-refractivity contribution < 1.29 is 27.4 Å². The summed E-state index contributed by atoms with van der Waals surface area (Å²) in [5.41, 5.74) is -0.416. The lowest BCUT2D eigenvalue weighted by Gasteiger charge is -2.40. The predicted octanol–water partition coefficient (Wildman–Crippen LogP) is 4.85. The van der Waals surface area contributed by atoms with Gasteiger partial charge in [-0.1, -0.05) is 78.9 Å². The molecule has 0 spiro atoms. The highest BCUT2D eigenvalue weighted by Crippen LogP contribution is 2.47. The minimum atomic E-state index is -5.18. The molecule has 1 saturated heterocycles. The molecule has 5 nitrogen and oxygen atoms in total. The highest BCUT2D eigenvalue weighted by Gasteiger charge is 2.63. The van der Waals surface area contributed by atoms with Crippen molar-refractivity contribution in [3.63, 3.8) is 0 Å². The van der Waals surface area contributed by atoms with E-state index in [0.29, 0.717) is 5.75 Å². The molecule has 3 aromatic rings.